The van der Waals surface area contributed by atoms with Crippen molar-refractivity contribution in [3.8, 4) is 0 Å². The normalized spacial score (nSPS) is 9.36. The van der Waals surface area contributed by atoms with Crippen LogP contribution in [0.25, 0.3) is 0 Å². The largest absolute Gasteiger partial charge is 0.463 e. The number of rotatable bonds is 5. The van der Waals surface area contributed by atoms with E-state index in [1.807, 2.05) is 36.4 Å². The van der Waals surface area contributed by atoms with Crippen molar-refractivity contribution >= 4 is 27.6 Å². The van der Waals surface area contributed by atoms with Gasteiger partial charge in [-0.25, -0.2) is 14.8 Å². The minimum Gasteiger partial charge on any atom is -0.463 e. The maximum absolute atomic E-state index is 10.4. The first-order chi connectivity index (χ1) is 10.6. The van der Waals surface area contributed by atoms with Crippen LogP contribution in [0.1, 0.15) is 13.8 Å². The fourth-order valence-corrected chi connectivity index (χ4v) is 2.88. The molecule has 2 aromatic rings. The average molecular weight is 334 g/mol. The van der Waals surface area contributed by atoms with Crippen molar-refractivity contribution in [1.29, 1.82) is 0 Å². The molecule has 4 nitrogen and oxygen atoms in total. The first-order valence-corrected chi connectivity index (χ1v) is 8.77. The second-order valence-electron chi connectivity index (χ2n) is 4.00. The summed E-state index contributed by atoms with van der Waals surface area (Å²) in [6, 6.07) is 11.8. The molecule has 0 aliphatic heterocycles. The Morgan fingerprint density at radius 1 is 1.09 bits per heavy atom. The molecule has 0 atom stereocenters. The van der Waals surface area contributed by atoms with E-state index in [9.17, 15) is 4.79 Å². The van der Waals surface area contributed by atoms with Gasteiger partial charge < -0.3 is 4.74 Å². The van der Waals surface area contributed by atoms with Crippen LogP contribution < -0.4 is 0 Å². The first-order valence-electron chi connectivity index (χ1n) is 6.62. The second kappa shape index (κ2) is 10.9. The number of carbonyl (C=O) groups is 1. The van der Waals surface area contributed by atoms with Gasteiger partial charge in [-0.1, -0.05) is 18.7 Å². The van der Waals surface area contributed by atoms with Gasteiger partial charge in [0.1, 0.15) is 10.1 Å². The zero-order valence-corrected chi connectivity index (χ0v) is 14.2. The molecule has 0 aliphatic rings. The van der Waals surface area contributed by atoms with Crippen LogP contribution in [0.15, 0.2) is 71.0 Å². The summed E-state index contributed by atoms with van der Waals surface area (Å²) >= 11 is 0. The molecular formula is C16H18N2O2S2. The minimum absolute atomic E-state index is 0.312. The third-order valence-corrected chi connectivity index (χ3v) is 4.29. The Bertz CT molecular complexity index is 538. The predicted octanol–water partition coefficient (Wildman–Crippen LogP) is 4.40. The summed E-state index contributed by atoms with van der Waals surface area (Å²) in [5.74, 6) is -0.312. The van der Waals surface area contributed by atoms with Crippen LogP contribution in [-0.4, -0.2) is 22.5 Å². The Balaban J connectivity index is 0.000000261. The van der Waals surface area contributed by atoms with E-state index in [-0.39, 0.29) is 5.97 Å². The quantitative estimate of drug-likeness (QED) is 0.459. The highest BCUT2D eigenvalue weighted by atomic mass is 33.1. The van der Waals surface area contributed by atoms with E-state index in [0.29, 0.717) is 12.2 Å². The lowest BCUT2D eigenvalue weighted by molar-refractivity contribution is -0.138. The van der Waals surface area contributed by atoms with E-state index in [1.54, 1.807) is 47.8 Å². The molecule has 0 N–H and O–H groups in total. The smallest absolute Gasteiger partial charge is 0.333 e. The molecule has 6 heteroatoms. The number of carbonyl (C=O) groups excluding carboxylic acids is 1. The SMILES string of the molecule is C=C(C)C(=O)OCC.c1ccc(SSc2ccccn2)nc1. The highest BCUT2D eigenvalue weighted by Crippen LogP contribution is 2.34. The van der Waals surface area contributed by atoms with E-state index in [4.69, 9.17) is 0 Å². The lowest BCUT2D eigenvalue weighted by Crippen LogP contribution is -2.03. The molecule has 0 aliphatic carbocycles. The molecule has 2 heterocycles. The fourth-order valence-electron chi connectivity index (χ4n) is 1.13. The van der Waals surface area contributed by atoms with Crippen molar-refractivity contribution in [2.24, 2.45) is 0 Å². The summed E-state index contributed by atoms with van der Waals surface area (Å²) in [5.41, 5.74) is 0.451. The van der Waals surface area contributed by atoms with E-state index < -0.39 is 0 Å². The number of aromatic nitrogens is 2. The third kappa shape index (κ3) is 7.85. The maximum Gasteiger partial charge on any atom is 0.333 e. The molecule has 0 unspecified atom stereocenters. The summed E-state index contributed by atoms with van der Waals surface area (Å²) in [7, 11) is 3.23. The van der Waals surface area contributed by atoms with Gasteiger partial charge in [0.25, 0.3) is 0 Å². The van der Waals surface area contributed by atoms with Crippen LogP contribution in [-0.2, 0) is 9.53 Å². The van der Waals surface area contributed by atoms with E-state index >= 15 is 0 Å². The van der Waals surface area contributed by atoms with Gasteiger partial charge in [0.2, 0.25) is 0 Å². The number of hydrogen-bond donors (Lipinski definition) is 0. The first kappa shape index (κ1) is 18.3. The average Bonchev–Trinajstić information content (AvgIpc) is 2.56. The lowest BCUT2D eigenvalue weighted by atomic mass is 10.4. The highest BCUT2D eigenvalue weighted by Gasteiger charge is 1.98. The van der Waals surface area contributed by atoms with Gasteiger partial charge >= 0.3 is 5.97 Å². The van der Waals surface area contributed by atoms with Gasteiger partial charge in [-0.05, 0) is 59.7 Å². The van der Waals surface area contributed by atoms with Crippen molar-refractivity contribution in [3.63, 3.8) is 0 Å². The summed E-state index contributed by atoms with van der Waals surface area (Å²) in [6.07, 6.45) is 3.59. The number of esters is 1. The molecule has 0 fully saturated rings. The molecule has 22 heavy (non-hydrogen) atoms. The maximum atomic E-state index is 10.4. The number of hydrogen-bond acceptors (Lipinski definition) is 6. The van der Waals surface area contributed by atoms with Crippen molar-refractivity contribution < 1.29 is 9.53 Å². The topological polar surface area (TPSA) is 52.1 Å². The molecule has 0 amide bonds. The molecular weight excluding hydrogens is 316 g/mol. The van der Waals surface area contributed by atoms with E-state index in [1.165, 1.54) is 0 Å². The summed E-state index contributed by atoms with van der Waals surface area (Å²) < 4.78 is 4.56. The van der Waals surface area contributed by atoms with Crippen molar-refractivity contribution in [3.05, 3.63) is 60.9 Å². The van der Waals surface area contributed by atoms with Gasteiger partial charge in [-0.3, -0.25) is 0 Å². The summed E-state index contributed by atoms with van der Waals surface area (Å²) in [6.45, 7) is 7.21. The molecule has 2 aromatic heterocycles. The second-order valence-corrected chi connectivity index (χ2v) is 6.17. The molecule has 0 spiro atoms. The van der Waals surface area contributed by atoms with Gasteiger partial charge in [0.05, 0.1) is 6.61 Å². The van der Waals surface area contributed by atoms with Crippen LogP contribution >= 0.6 is 21.6 Å². The molecule has 116 valence electrons. The van der Waals surface area contributed by atoms with E-state index in [0.717, 1.165) is 10.1 Å². The van der Waals surface area contributed by atoms with Crippen molar-refractivity contribution in [2.45, 2.75) is 23.9 Å². The lowest BCUT2D eigenvalue weighted by Gasteiger charge is -1.97. The predicted molar refractivity (Wildman–Crippen MR) is 91.6 cm³/mol. The molecule has 0 aromatic carbocycles. The Labute approximate surface area is 138 Å². The number of ether oxygens (including phenoxy) is 1. The van der Waals surface area contributed by atoms with Gasteiger partial charge in [-0.2, -0.15) is 0 Å². The standard InChI is InChI=1S/C10H8N2S2.C6H10O2/c1-3-7-11-9(5-1)13-14-10-6-2-4-8-12-10;1-4-8-6(7)5(2)3/h1-8H;2,4H2,1,3H3. The molecule has 2 rings (SSSR count). The molecule has 0 saturated heterocycles. The summed E-state index contributed by atoms with van der Waals surface area (Å²) in [5, 5.41) is 2.01. The summed E-state index contributed by atoms with van der Waals surface area (Å²) in [4.78, 5) is 18.8. The third-order valence-electron chi connectivity index (χ3n) is 2.11. The van der Waals surface area contributed by atoms with E-state index in [2.05, 4.69) is 21.3 Å². The Kier molecular flexibility index (Phi) is 9.02. The zero-order valence-electron chi connectivity index (χ0n) is 12.6. The Morgan fingerprint density at radius 2 is 1.59 bits per heavy atom. The number of pyridine rings is 2. The number of nitrogens with zero attached hydrogens (tertiary/aromatic N) is 2. The zero-order chi connectivity index (χ0) is 16.2. The molecule has 0 radical (unpaired) electrons. The van der Waals surface area contributed by atoms with Gasteiger partial charge in [0.15, 0.2) is 0 Å². The Morgan fingerprint density at radius 3 is 1.86 bits per heavy atom. The highest BCUT2D eigenvalue weighted by molar-refractivity contribution is 8.76. The van der Waals surface area contributed by atoms with Crippen molar-refractivity contribution in [1.82, 2.24) is 9.97 Å². The van der Waals surface area contributed by atoms with Crippen molar-refractivity contribution in [2.75, 3.05) is 6.61 Å². The molecule has 0 saturated carbocycles. The van der Waals surface area contributed by atoms with Crippen LogP contribution in [0, 0.1) is 0 Å². The van der Waals surface area contributed by atoms with Crippen LogP contribution in [0.5, 0.6) is 0 Å². The van der Waals surface area contributed by atoms with Crippen LogP contribution in [0.2, 0.25) is 0 Å². The van der Waals surface area contributed by atoms with Crippen LogP contribution in [0.4, 0.5) is 0 Å². The van der Waals surface area contributed by atoms with Crippen LogP contribution in [0.3, 0.4) is 0 Å². The Hall–Kier alpha value is -1.79. The van der Waals surface area contributed by atoms with Gasteiger partial charge in [0, 0.05) is 18.0 Å². The van der Waals surface area contributed by atoms with Gasteiger partial charge in [-0.15, -0.1) is 0 Å². The fraction of sp³-hybridized carbons (Fsp3) is 0.188. The minimum atomic E-state index is -0.312. The molecule has 0 bridgehead atoms. The monoisotopic (exact) mass is 334 g/mol.